The Labute approximate surface area is 156 Å². The Bertz CT molecular complexity index is 671. The lowest BCUT2D eigenvalue weighted by atomic mass is 9.95. The van der Waals surface area contributed by atoms with Gasteiger partial charge in [-0.1, -0.05) is 6.42 Å². The van der Waals surface area contributed by atoms with E-state index in [-0.39, 0.29) is 17.9 Å². The molecule has 2 bridgehead atoms. The Morgan fingerprint density at radius 3 is 2.52 bits per heavy atom. The number of piperidine rings is 1. The van der Waals surface area contributed by atoms with Crippen molar-refractivity contribution in [2.24, 2.45) is 5.92 Å². The van der Waals surface area contributed by atoms with Gasteiger partial charge in [-0.15, -0.1) is 0 Å². The summed E-state index contributed by atoms with van der Waals surface area (Å²) in [6.45, 7) is 3.28. The Kier molecular flexibility index (Phi) is 5.01. The summed E-state index contributed by atoms with van der Waals surface area (Å²) < 4.78 is 38.1. The van der Waals surface area contributed by atoms with Crippen LogP contribution in [-0.4, -0.2) is 54.1 Å². The number of nitrogens with one attached hydrogen (secondary N) is 1. The zero-order valence-electron chi connectivity index (χ0n) is 15.2. The number of nitrogens with zero attached hydrogens (tertiary/aromatic N) is 3. The maximum Gasteiger partial charge on any atom is 0.417 e. The molecule has 148 valence electrons. The number of likely N-dealkylation sites (tertiary alicyclic amines) is 1. The van der Waals surface area contributed by atoms with Gasteiger partial charge in [0.1, 0.15) is 5.82 Å². The van der Waals surface area contributed by atoms with Crippen LogP contribution in [0.25, 0.3) is 0 Å². The molecule has 8 heteroatoms. The molecule has 0 aliphatic carbocycles. The smallest absolute Gasteiger partial charge is 0.357 e. The molecule has 1 aromatic heterocycles. The van der Waals surface area contributed by atoms with Crippen LogP contribution in [0.1, 0.15) is 37.7 Å². The second kappa shape index (κ2) is 7.30. The summed E-state index contributed by atoms with van der Waals surface area (Å²) in [4.78, 5) is 20.8. The Morgan fingerprint density at radius 1 is 1.07 bits per heavy atom. The average Bonchev–Trinajstić information content (AvgIpc) is 2.90. The van der Waals surface area contributed by atoms with Gasteiger partial charge in [0.05, 0.1) is 11.5 Å². The maximum atomic E-state index is 12.7. The topological polar surface area (TPSA) is 48.5 Å². The molecule has 5 nitrogen and oxygen atoms in total. The third kappa shape index (κ3) is 4.05. The number of pyridine rings is 1. The van der Waals surface area contributed by atoms with Crippen molar-refractivity contribution in [3.05, 3.63) is 23.9 Å². The molecule has 2 atom stereocenters. The zero-order valence-corrected chi connectivity index (χ0v) is 15.2. The van der Waals surface area contributed by atoms with Gasteiger partial charge in [-0.2, -0.15) is 13.2 Å². The van der Waals surface area contributed by atoms with Crippen molar-refractivity contribution in [3.63, 3.8) is 0 Å². The van der Waals surface area contributed by atoms with Crippen LogP contribution in [0.2, 0.25) is 0 Å². The summed E-state index contributed by atoms with van der Waals surface area (Å²) in [5, 5.41) is 3.17. The Hall–Kier alpha value is -1.83. The summed E-state index contributed by atoms with van der Waals surface area (Å²) in [7, 11) is 0. The molecule has 3 aliphatic heterocycles. The second-order valence-electron chi connectivity index (χ2n) is 7.91. The third-order valence-corrected chi connectivity index (χ3v) is 6.11. The fourth-order valence-corrected chi connectivity index (χ4v) is 4.58. The van der Waals surface area contributed by atoms with Crippen molar-refractivity contribution >= 4 is 11.7 Å². The molecule has 3 saturated heterocycles. The average molecular weight is 382 g/mol. The van der Waals surface area contributed by atoms with Gasteiger partial charge < -0.3 is 10.2 Å². The normalized spacial score (nSPS) is 28.0. The lowest BCUT2D eigenvalue weighted by Gasteiger charge is -2.40. The predicted molar refractivity (Wildman–Crippen MR) is 95.3 cm³/mol. The van der Waals surface area contributed by atoms with Gasteiger partial charge in [-0.25, -0.2) is 4.98 Å². The van der Waals surface area contributed by atoms with Gasteiger partial charge in [0.2, 0.25) is 5.91 Å². The molecule has 4 heterocycles. The highest BCUT2D eigenvalue weighted by atomic mass is 19.4. The molecular weight excluding hydrogens is 357 g/mol. The van der Waals surface area contributed by atoms with Crippen LogP contribution in [0.3, 0.4) is 0 Å². The second-order valence-corrected chi connectivity index (χ2v) is 7.91. The molecule has 0 unspecified atom stereocenters. The fraction of sp³-hybridized carbons (Fsp3) is 0.684. The van der Waals surface area contributed by atoms with Crippen LogP contribution in [0.4, 0.5) is 19.0 Å². The highest BCUT2D eigenvalue weighted by Gasteiger charge is 2.36. The van der Waals surface area contributed by atoms with Crippen LogP contribution in [0.15, 0.2) is 18.3 Å². The van der Waals surface area contributed by atoms with Crippen LogP contribution in [0.5, 0.6) is 0 Å². The summed E-state index contributed by atoms with van der Waals surface area (Å²) >= 11 is 0. The highest BCUT2D eigenvalue weighted by Crippen LogP contribution is 2.31. The number of hydrogen-bond acceptors (Lipinski definition) is 4. The molecule has 0 spiro atoms. The van der Waals surface area contributed by atoms with Crippen molar-refractivity contribution in [2.75, 3.05) is 31.1 Å². The maximum absolute atomic E-state index is 12.7. The van der Waals surface area contributed by atoms with Crippen LogP contribution >= 0.6 is 0 Å². The van der Waals surface area contributed by atoms with Gasteiger partial charge in [0, 0.05) is 44.5 Å². The predicted octanol–water partition coefficient (Wildman–Crippen LogP) is 2.67. The summed E-state index contributed by atoms with van der Waals surface area (Å²) in [6, 6.07) is 3.23. The lowest BCUT2D eigenvalue weighted by Crippen LogP contribution is -2.49. The molecule has 3 fully saturated rings. The van der Waals surface area contributed by atoms with E-state index in [1.807, 2.05) is 0 Å². The molecule has 1 N–H and O–H groups in total. The molecule has 0 saturated carbocycles. The lowest BCUT2D eigenvalue weighted by molar-refractivity contribution is -0.137. The minimum Gasteiger partial charge on any atom is -0.357 e. The van der Waals surface area contributed by atoms with E-state index >= 15 is 0 Å². The zero-order chi connectivity index (χ0) is 19.0. The number of anilines is 1. The van der Waals surface area contributed by atoms with Gasteiger partial charge in [-0.05, 0) is 37.8 Å². The van der Waals surface area contributed by atoms with Gasteiger partial charge in [0.25, 0.3) is 0 Å². The molecule has 0 aromatic carbocycles. The minimum atomic E-state index is -4.35. The number of rotatable bonds is 2. The molecule has 1 aromatic rings. The van der Waals surface area contributed by atoms with E-state index in [0.29, 0.717) is 11.9 Å². The Balaban J connectivity index is 1.37. The SMILES string of the molecule is O=C1N[C@H]2CCC[C@@H]1CN(C1CCN(c3ccc(C(F)(F)F)cn3)CC1)C2. The van der Waals surface area contributed by atoms with E-state index in [2.05, 4.69) is 20.1 Å². The number of alkyl halides is 3. The molecule has 4 rings (SSSR count). The third-order valence-electron chi connectivity index (χ3n) is 6.11. The quantitative estimate of drug-likeness (QED) is 0.855. The molecule has 27 heavy (non-hydrogen) atoms. The molecule has 1 amide bonds. The number of hydrogen-bond donors (Lipinski definition) is 1. The Morgan fingerprint density at radius 2 is 1.85 bits per heavy atom. The largest absolute Gasteiger partial charge is 0.417 e. The number of amides is 1. The van der Waals surface area contributed by atoms with Crippen LogP contribution < -0.4 is 10.2 Å². The minimum absolute atomic E-state index is 0.0899. The van der Waals surface area contributed by atoms with Gasteiger partial charge in [0.15, 0.2) is 0 Å². The van der Waals surface area contributed by atoms with E-state index in [0.717, 1.165) is 70.5 Å². The number of fused-ring (bicyclic) bond motifs is 3. The van der Waals surface area contributed by atoms with Crippen molar-refractivity contribution < 1.29 is 18.0 Å². The van der Waals surface area contributed by atoms with E-state index in [4.69, 9.17) is 0 Å². The first-order valence-electron chi connectivity index (χ1n) is 9.73. The van der Waals surface area contributed by atoms with E-state index < -0.39 is 11.7 Å². The molecule has 0 radical (unpaired) electrons. The van der Waals surface area contributed by atoms with E-state index in [1.54, 1.807) is 0 Å². The first-order chi connectivity index (χ1) is 12.9. The molecule has 3 aliphatic rings. The summed E-state index contributed by atoms with van der Waals surface area (Å²) in [5.74, 6) is 0.893. The summed E-state index contributed by atoms with van der Waals surface area (Å²) in [5.41, 5.74) is -0.714. The van der Waals surface area contributed by atoms with Crippen LogP contribution in [0, 0.1) is 5.92 Å². The van der Waals surface area contributed by atoms with E-state index in [1.165, 1.54) is 6.07 Å². The monoisotopic (exact) mass is 382 g/mol. The number of halogens is 3. The highest BCUT2D eigenvalue weighted by molar-refractivity contribution is 5.79. The first kappa shape index (κ1) is 18.5. The van der Waals surface area contributed by atoms with Crippen molar-refractivity contribution in [1.29, 1.82) is 0 Å². The number of carbonyl (C=O) groups excluding carboxylic acids is 1. The van der Waals surface area contributed by atoms with Crippen molar-refractivity contribution in [1.82, 2.24) is 15.2 Å². The first-order valence-corrected chi connectivity index (χ1v) is 9.73. The van der Waals surface area contributed by atoms with Crippen molar-refractivity contribution in [3.8, 4) is 0 Å². The standard InChI is InChI=1S/C19H25F3N4O/c20-19(21,22)14-4-5-17(23-10-14)25-8-6-16(7-9-25)26-11-13-2-1-3-15(12-26)24-18(13)27/h4-5,10,13,15-16H,1-3,6-9,11-12H2,(H,24,27)/t13-,15+/m1/s1. The van der Waals surface area contributed by atoms with Crippen LogP contribution in [-0.2, 0) is 11.0 Å². The molecular formula is C19H25F3N4O. The number of carbonyl (C=O) groups is 1. The van der Waals surface area contributed by atoms with Gasteiger partial charge in [-0.3, -0.25) is 9.69 Å². The fourth-order valence-electron chi connectivity index (χ4n) is 4.58. The summed E-state index contributed by atoms with van der Waals surface area (Å²) in [6.07, 6.45) is 1.57. The van der Waals surface area contributed by atoms with E-state index in [9.17, 15) is 18.0 Å². The van der Waals surface area contributed by atoms with Gasteiger partial charge >= 0.3 is 6.18 Å². The number of aromatic nitrogens is 1. The van der Waals surface area contributed by atoms with Crippen molar-refractivity contribution in [2.45, 2.75) is 50.4 Å².